The van der Waals surface area contributed by atoms with Crippen molar-refractivity contribution in [3.05, 3.63) is 41.4 Å². The minimum Gasteiger partial charge on any atom is -0.368 e. The van der Waals surface area contributed by atoms with Gasteiger partial charge in [-0.2, -0.15) is 5.26 Å². The van der Waals surface area contributed by atoms with Gasteiger partial charge in [0.25, 0.3) is 5.82 Å². The molecule has 0 atom stereocenters. The molecule has 1 aromatic heterocycles. The summed E-state index contributed by atoms with van der Waals surface area (Å²) in [7, 11) is 0. The van der Waals surface area contributed by atoms with E-state index in [2.05, 4.69) is 15.0 Å². The number of carbonyl (C=O) groups excluding carboxylic acids is 1. The van der Waals surface area contributed by atoms with Crippen LogP contribution < -0.4 is 4.90 Å². The van der Waals surface area contributed by atoms with Crippen LogP contribution >= 0.6 is 11.6 Å². The minimum absolute atomic E-state index is 0.0230. The lowest BCUT2D eigenvalue weighted by Crippen LogP contribution is -2.49. The molecule has 1 fully saturated rings. The number of piperazine rings is 1. The van der Waals surface area contributed by atoms with Crippen LogP contribution in [0.1, 0.15) is 5.82 Å². The molecular formula is C15H15ClN6O. The summed E-state index contributed by atoms with van der Waals surface area (Å²) < 4.78 is 1.39. The number of amides is 1. The van der Waals surface area contributed by atoms with Crippen LogP contribution in [-0.4, -0.2) is 51.8 Å². The Balaban J connectivity index is 1.56. The van der Waals surface area contributed by atoms with Crippen LogP contribution in [0.3, 0.4) is 0 Å². The van der Waals surface area contributed by atoms with Gasteiger partial charge in [0.05, 0.1) is 0 Å². The van der Waals surface area contributed by atoms with Crippen LogP contribution in [0.25, 0.3) is 0 Å². The number of anilines is 1. The number of rotatable bonds is 3. The molecule has 7 nitrogen and oxygen atoms in total. The van der Waals surface area contributed by atoms with Gasteiger partial charge < -0.3 is 9.80 Å². The third kappa shape index (κ3) is 3.60. The molecule has 0 saturated carbocycles. The number of aromatic nitrogens is 3. The van der Waals surface area contributed by atoms with Gasteiger partial charge >= 0.3 is 0 Å². The van der Waals surface area contributed by atoms with Gasteiger partial charge in [0, 0.05) is 36.9 Å². The molecular weight excluding hydrogens is 316 g/mol. The number of carbonyl (C=O) groups is 1. The summed E-state index contributed by atoms with van der Waals surface area (Å²) in [6.07, 6.45) is 1.40. The largest absolute Gasteiger partial charge is 0.368 e. The fraction of sp³-hybridized carbons (Fsp3) is 0.333. The van der Waals surface area contributed by atoms with Crippen molar-refractivity contribution < 1.29 is 4.79 Å². The van der Waals surface area contributed by atoms with Gasteiger partial charge in [0.1, 0.15) is 18.9 Å². The average molecular weight is 331 g/mol. The Hall–Kier alpha value is -2.59. The lowest BCUT2D eigenvalue weighted by molar-refractivity contribution is -0.132. The highest BCUT2D eigenvalue weighted by molar-refractivity contribution is 6.30. The van der Waals surface area contributed by atoms with Crippen molar-refractivity contribution in [2.75, 3.05) is 31.1 Å². The summed E-state index contributed by atoms with van der Waals surface area (Å²) in [5, 5.41) is 13.3. The van der Waals surface area contributed by atoms with E-state index in [0.29, 0.717) is 18.1 Å². The van der Waals surface area contributed by atoms with Crippen molar-refractivity contribution in [3.8, 4) is 6.07 Å². The number of halogens is 1. The normalized spacial score (nSPS) is 14.6. The highest BCUT2D eigenvalue weighted by Gasteiger charge is 2.21. The van der Waals surface area contributed by atoms with E-state index in [4.69, 9.17) is 16.9 Å². The van der Waals surface area contributed by atoms with E-state index in [9.17, 15) is 4.79 Å². The van der Waals surface area contributed by atoms with Crippen molar-refractivity contribution in [1.29, 1.82) is 5.26 Å². The second-order valence-corrected chi connectivity index (χ2v) is 5.66. The first-order valence-corrected chi connectivity index (χ1v) is 7.61. The molecule has 118 valence electrons. The maximum absolute atomic E-state index is 12.3. The molecule has 1 saturated heterocycles. The maximum atomic E-state index is 12.3. The summed E-state index contributed by atoms with van der Waals surface area (Å²) in [6, 6.07) is 9.56. The maximum Gasteiger partial charge on any atom is 0.252 e. The predicted octanol–water partition coefficient (Wildman–Crippen LogP) is 1.15. The second-order valence-electron chi connectivity index (χ2n) is 5.23. The van der Waals surface area contributed by atoms with Crippen LogP contribution in [0.5, 0.6) is 0 Å². The molecule has 0 aliphatic carbocycles. The van der Waals surface area contributed by atoms with Gasteiger partial charge in [-0.1, -0.05) is 17.7 Å². The Morgan fingerprint density at radius 2 is 2.09 bits per heavy atom. The summed E-state index contributed by atoms with van der Waals surface area (Å²) in [5.74, 6) is 0.0497. The lowest BCUT2D eigenvalue weighted by Gasteiger charge is -2.36. The molecule has 0 spiro atoms. The molecule has 0 bridgehead atoms. The van der Waals surface area contributed by atoms with Gasteiger partial charge in [0.15, 0.2) is 0 Å². The van der Waals surface area contributed by atoms with Gasteiger partial charge in [-0.15, -0.1) is 5.10 Å². The number of benzene rings is 1. The molecule has 0 N–H and O–H groups in total. The van der Waals surface area contributed by atoms with Crippen LogP contribution in [0.15, 0.2) is 30.6 Å². The average Bonchev–Trinajstić information content (AvgIpc) is 3.02. The Morgan fingerprint density at radius 1 is 1.30 bits per heavy atom. The molecule has 1 aliphatic rings. The van der Waals surface area contributed by atoms with Crippen LogP contribution in [-0.2, 0) is 11.3 Å². The molecule has 0 unspecified atom stereocenters. The fourth-order valence-corrected chi connectivity index (χ4v) is 2.73. The minimum atomic E-state index is -0.0230. The Labute approximate surface area is 138 Å². The van der Waals surface area contributed by atoms with Crippen LogP contribution in [0.4, 0.5) is 5.69 Å². The molecule has 1 aromatic carbocycles. The highest BCUT2D eigenvalue weighted by atomic mass is 35.5. The van der Waals surface area contributed by atoms with E-state index in [0.717, 1.165) is 18.8 Å². The van der Waals surface area contributed by atoms with E-state index >= 15 is 0 Å². The van der Waals surface area contributed by atoms with Gasteiger partial charge in [-0.3, -0.25) is 4.79 Å². The van der Waals surface area contributed by atoms with E-state index in [1.807, 2.05) is 30.3 Å². The zero-order valence-electron chi connectivity index (χ0n) is 12.4. The SMILES string of the molecule is N#Cc1ncn(CC(=O)N2CCN(c3cccc(Cl)c3)CC2)n1. The Kier molecular flexibility index (Phi) is 4.44. The molecule has 23 heavy (non-hydrogen) atoms. The molecule has 1 aliphatic heterocycles. The third-order valence-corrected chi connectivity index (χ3v) is 3.97. The van der Waals surface area contributed by atoms with Crippen molar-refractivity contribution in [3.63, 3.8) is 0 Å². The van der Waals surface area contributed by atoms with Crippen molar-refractivity contribution >= 4 is 23.2 Å². The van der Waals surface area contributed by atoms with E-state index in [1.165, 1.54) is 11.0 Å². The second kappa shape index (κ2) is 6.67. The first-order valence-electron chi connectivity index (χ1n) is 7.23. The summed E-state index contributed by atoms with van der Waals surface area (Å²) in [6.45, 7) is 2.90. The van der Waals surface area contributed by atoms with Gasteiger partial charge in [-0.05, 0) is 18.2 Å². The zero-order chi connectivity index (χ0) is 16.2. The van der Waals surface area contributed by atoms with Crippen molar-refractivity contribution in [2.24, 2.45) is 0 Å². The molecule has 3 rings (SSSR count). The lowest BCUT2D eigenvalue weighted by atomic mass is 10.2. The molecule has 1 amide bonds. The van der Waals surface area contributed by atoms with Crippen LogP contribution in [0.2, 0.25) is 5.02 Å². The molecule has 8 heteroatoms. The van der Waals surface area contributed by atoms with E-state index in [1.54, 1.807) is 4.90 Å². The van der Waals surface area contributed by atoms with Crippen molar-refractivity contribution in [2.45, 2.75) is 6.54 Å². The topological polar surface area (TPSA) is 78.0 Å². The summed E-state index contributed by atoms with van der Waals surface area (Å²) in [5.41, 5.74) is 1.07. The summed E-state index contributed by atoms with van der Waals surface area (Å²) >= 11 is 6.02. The highest BCUT2D eigenvalue weighted by Crippen LogP contribution is 2.20. The number of nitrogens with zero attached hydrogens (tertiary/aromatic N) is 6. The van der Waals surface area contributed by atoms with Gasteiger partial charge in [0.2, 0.25) is 5.91 Å². The number of hydrogen-bond donors (Lipinski definition) is 0. The van der Waals surface area contributed by atoms with E-state index in [-0.39, 0.29) is 18.3 Å². The zero-order valence-corrected chi connectivity index (χ0v) is 13.1. The summed E-state index contributed by atoms with van der Waals surface area (Å²) in [4.78, 5) is 20.1. The molecule has 2 heterocycles. The van der Waals surface area contributed by atoms with E-state index < -0.39 is 0 Å². The quantitative estimate of drug-likeness (QED) is 0.843. The Bertz CT molecular complexity index is 744. The third-order valence-electron chi connectivity index (χ3n) is 3.74. The van der Waals surface area contributed by atoms with Gasteiger partial charge in [-0.25, -0.2) is 9.67 Å². The number of nitriles is 1. The monoisotopic (exact) mass is 330 g/mol. The predicted molar refractivity (Wildman–Crippen MR) is 85.0 cm³/mol. The fourth-order valence-electron chi connectivity index (χ4n) is 2.55. The smallest absolute Gasteiger partial charge is 0.252 e. The molecule has 2 aromatic rings. The Morgan fingerprint density at radius 3 is 2.74 bits per heavy atom. The number of hydrogen-bond acceptors (Lipinski definition) is 5. The first kappa shape index (κ1) is 15.3. The standard InChI is InChI=1S/C15H15ClN6O/c16-12-2-1-3-13(8-12)20-4-6-21(7-5-20)15(23)10-22-11-18-14(9-17)19-22/h1-3,8,11H,4-7,10H2. The first-order chi connectivity index (χ1) is 11.2. The molecule has 0 radical (unpaired) electrons. The van der Waals surface area contributed by atoms with Crippen LogP contribution in [0, 0.1) is 11.3 Å². The van der Waals surface area contributed by atoms with Crippen molar-refractivity contribution in [1.82, 2.24) is 19.7 Å².